The number of nitro benzene ring substituents is 1. The fourth-order valence-corrected chi connectivity index (χ4v) is 2.87. The zero-order chi connectivity index (χ0) is 14.1. The highest BCUT2D eigenvalue weighted by Crippen LogP contribution is 2.44. The maximum atomic E-state index is 10.9. The Hall–Kier alpha value is -1.62. The molecule has 0 bridgehead atoms. The van der Waals surface area contributed by atoms with Gasteiger partial charge in [0.25, 0.3) is 5.69 Å². The highest BCUT2D eigenvalue weighted by Gasteiger charge is 2.41. The van der Waals surface area contributed by atoms with E-state index in [1.54, 1.807) is 19.2 Å². The van der Waals surface area contributed by atoms with Crippen molar-refractivity contribution in [2.75, 3.05) is 7.11 Å². The summed E-state index contributed by atoms with van der Waals surface area (Å²) < 4.78 is 5.30. The van der Waals surface area contributed by atoms with E-state index in [1.165, 1.54) is 31.7 Å². The van der Waals surface area contributed by atoms with E-state index in [0.29, 0.717) is 18.3 Å². The average molecular weight is 276 g/mol. The fraction of sp³-hybridized carbons (Fsp3) is 0.600. The molecule has 3 rings (SSSR count). The number of nitrogens with zero attached hydrogens (tertiary/aromatic N) is 1. The second-order valence-electron chi connectivity index (χ2n) is 5.83. The number of non-ortho nitro benzene ring substituents is 1. The van der Waals surface area contributed by atoms with Crippen LogP contribution in [0.15, 0.2) is 18.2 Å². The molecule has 0 radical (unpaired) electrons. The molecule has 0 amide bonds. The van der Waals surface area contributed by atoms with Crippen molar-refractivity contribution in [2.45, 2.75) is 38.3 Å². The molecule has 2 saturated carbocycles. The summed E-state index contributed by atoms with van der Waals surface area (Å²) in [5.41, 5.74) is 0.991. The van der Waals surface area contributed by atoms with Crippen molar-refractivity contribution in [3.05, 3.63) is 33.9 Å². The molecule has 0 atom stereocenters. The van der Waals surface area contributed by atoms with Crippen molar-refractivity contribution in [3.8, 4) is 5.75 Å². The molecule has 1 aromatic rings. The van der Waals surface area contributed by atoms with Crippen molar-refractivity contribution in [2.24, 2.45) is 11.8 Å². The highest BCUT2D eigenvalue weighted by molar-refractivity contribution is 5.43. The van der Waals surface area contributed by atoms with Crippen LogP contribution < -0.4 is 10.1 Å². The molecule has 0 spiro atoms. The number of benzene rings is 1. The van der Waals surface area contributed by atoms with Crippen LogP contribution in [0.2, 0.25) is 0 Å². The molecule has 0 heterocycles. The number of ether oxygens (including phenoxy) is 1. The van der Waals surface area contributed by atoms with E-state index < -0.39 is 0 Å². The van der Waals surface area contributed by atoms with Gasteiger partial charge in [0.05, 0.1) is 12.0 Å². The SMILES string of the molecule is COc1ccc([N+](=O)[O-])cc1CNC(C1CC1)C1CC1. The van der Waals surface area contributed by atoms with Gasteiger partial charge in [-0.05, 0) is 43.6 Å². The van der Waals surface area contributed by atoms with Crippen LogP contribution in [0, 0.1) is 22.0 Å². The molecule has 2 aliphatic carbocycles. The van der Waals surface area contributed by atoms with Crippen molar-refractivity contribution < 1.29 is 9.66 Å². The predicted octanol–water partition coefficient (Wildman–Crippen LogP) is 2.88. The molecule has 0 aliphatic heterocycles. The Morgan fingerprint density at radius 3 is 2.50 bits per heavy atom. The van der Waals surface area contributed by atoms with Gasteiger partial charge < -0.3 is 10.1 Å². The van der Waals surface area contributed by atoms with Crippen LogP contribution >= 0.6 is 0 Å². The van der Waals surface area contributed by atoms with Gasteiger partial charge in [-0.1, -0.05) is 0 Å². The summed E-state index contributed by atoms with van der Waals surface area (Å²) in [6.07, 6.45) is 5.28. The lowest BCUT2D eigenvalue weighted by atomic mass is 10.1. The third-order valence-electron chi connectivity index (χ3n) is 4.26. The molecule has 0 saturated heterocycles. The van der Waals surface area contributed by atoms with E-state index in [2.05, 4.69) is 5.32 Å². The van der Waals surface area contributed by atoms with Crippen LogP contribution in [0.5, 0.6) is 5.75 Å². The maximum Gasteiger partial charge on any atom is 0.270 e. The summed E-state index contributed by atoms with van der Waals surface area (Å²) in [6.45, 7) is 0.641. The first kappa shape index (κ1) is 13.4. The lowest BCUT2D eigenvalue weighted by Crippen LogP contribution is -2.32. The van der Waals surface area contributed by atoms with E-state index in [0.717, 1.165) is 17.4 Å². The molecule has 20 heavy (non-hydrogen) atoms. The normalized spacial score (nSPS) is 18.3. The van der Waals surface area contributed by atoms with Gasteiger partial charge in [0.2, 0.25) is 0 Å². The summed E-state index contributed by atoms with van der Waals surface area (Å²) in [4.78, 5) is 10.5. The van der Waals surface area contributed by atoms with Crippen LogP contribution in [0.25, 0.3) is 0 Å². The Kier molecular flexibility index (Phi) is 3.61. The number of nitrogens with one attached hydrogen (secondary N) is 1. The molecule has 108 valence electrons. The van der Waals surface area contributed by atoms with Gasteiger partial charge >= 0.3 is 0 Å². The smallest absolute Gasteiger partial charge is 0.270 e. The monoisotopic (exact) mass is 276 g/mol. The fourth-order valence-electron chi connectivity index (χ4n) is 2.87. The molecule has 0 aromatic heterocycles. The average Bonchev–Trinajstić information content (AvgIpc) is 3.31. The third kappa shape index (κ3) is 2.93. The van der Waals surface area contributed by atoms with Crippen molar-refractivity contribution in [1.29, 1.82) is 0 Å². The molecule has 2 aliphatic rings. The Labute approximate surface area is 118 Å². The van der Waals surface area contributed by atoms with Crippen LogP contribution in [0.4, 0.5) is 5.69 Å². The molecule has 1 aromatic carbocycles. The minimum Gasteiger partial charge on any atom is -0.496 e. The van der Waals surface area contributed by atoms with E-state index in [-0.39, 0.29) is 10.6 Å². The van der Waals surface area contributed by atoms with E-state index in [1.807, 2.05) is 0 Å². The second-order valence-corrected chi connectivity index (χ2v) is 5.83. The Bertz CT molecular complexity index is 498. The van der Waals surface area contributed by atoms with E-state index in [9.17, 15) is 10.1 Å². The number of hydrogen-bond donors (Lipinski definition) is 1. The number of nitro groups is 1. The summed E-state index contributed by atoms with van der Waals surface area (Å²) in [6, 6.07) is 5.36. The van der Waals surface area contributed by atoms with E-state index in [4.69, 9.17) is 4.74 Å². The summed E-state index contributed by atoms with van der Waals surface area (Å²) in [5, 5.41) is 14.5. The van der Waals surface area contributed by atoms with Gasteiger partial charge in [-0.3, -0.25) is 10.1 Å². The van der Waals surface area contributed by atoms with Crippen LogP contribution in [-0.2, 0) is 6.54 Å². The predicted molar refractivity (Wildman–Crippen MR) is 75.7 cm³/mol. The molecule has 0 unspecified atom stereocenters. The minimum atomic E-state index is -0.359. The van der Waals surface area contributed by atoms with Crippen molar-refractivity contribution >= 4 is 5.69 Å². The minimum absolute atomic E-state index is 0.122. The lowest BCUT2D eigenvalue weighted by Gasteiger charge is -2.18. The first-order valence-corrected chi connectivity index (χ1v) is 7.23. The van der Waals surface area contributed by atoms with E-state index >= 15 is 0 Å². The number of hydrogen-bond acceptors (Lipinski definition) is 4. The lowest BCUT2D eigenvalue weighted by molar-refractivity contribution is -0.384. The standard InChI is InChI=1S/C15H20N2O3/c1-20-14-7-6-13(17(18)19)8-12(14)9-16-15(10-2-3-10)11-4-5-11/h6-8,10-11,15-16H,2-5,9H2,1H3. The molecular weight excluding hydrogens is 256 g/mol. The van der Waals surface area contributed by atoms with Gasteiger partial charge in [-0.25, -0.2) is 0 Å². The van der Waals surface area contributed by atoms with Gasteiger partial charge in [0.15, 0.2) is 0 Å². The molecule has 5 nitrogen and oxygen atoms in total. The first-order valence-electron chi connectivity index (χ1n) is 7.23. The quantitative estimate of drug-likeness (QED) is 0.614. The zero-order valence-electron chi connectivity index (χ0n) is 11.7. The third-order valence-corrected chi connectivity index (χ3v) is 4.26. The first-order chi connectivity index (χ1) is 9.69. The van der Waals surface area contributed by atoms with Crippen LogP contribution in [0.3, 0.4) is 0 Å². The molecule has 1 N–H and O–H groups in total. The maximum absolute atomic E-state index is 10.9. The Morgan fingerprint density at radius 1 is 1.35 bits per heavy atom. The Balaban J connectivity index is 1.71. The summed E-state index contributed by atoms with van der Waals surface area (Å²) in [5.74, 6) is 2.34. The number of methoxy groups -OCH3 is 1. The summed E-state index contributed by atoms with van der Waals surface area (Å²) in [7, 11) is 1.60. The van der Waals surface area contributed by atoms with Gasteiger partial charge in [0.1, 0.15) is 5.75 Å². The number of rotatable bonds is 7. The van der Waals surface area contributed by atoms with Crippen molar-refractivity contribution in [3.63, 3.8) is 0 Å². The molecule has 5 heteroatoms. The second kappa shape index (κ2) is 5.40. The van der Waals surface area contributed by atoms with Crippen molar-refractivity contribution in [1.82, 2.24) is 5.32 Å². The Morgan fingerprint density at radius 2 is 2.00 bits per heavy atom. The van der Waals surface area contributed by atoms with Crippen LogP contribution in [0.1, 0.15) is 31.2 Å². The highest BCUT2D eigenvalue weighted by atomic mass is 16.6. The van der Waals surface area contributed by atoms with Crippen LogP contribution in [-0.4, -0.2) is 18.1 Å². The molecular formula is C15H20N2O3. The van der Waals surface area contributed by atoms with Gasteiger partial charge in [-0.2, -0.15) is 0 Å². The largest absolute Gasteiger partial charge is 0.496 e. The molecule has 2 fully saturated rings. The zero-order valence-corrected chi connectivity index (χ0v) is 11.7. The van der Waals surface area contributed by atoms with Gasteiger partial charge in [0, 0.05) is 30.3 Å². The van der Waals surface area contributed by atoms with Gasteiger partial charge in [-0.15, -0.1) is 0 Å². The summed E-state index contributed by atoms with van der Waals surface area (Å²) >= 11 is 0. The topological polar surface area (TPSA) is 64.4 Å².